The van der Waals surface area contributed by atoms with Gasteiger partial charge in [-0.3, -0.25) is 0 Å². The molecule has 1 aliphatic heterocycles. The van der Waals surface area contributed by atoms with Crippen molar-refractivity contribution in [3.63, 3.8) is 0 Å². The molecule has 2 aromatic carbocycles. The third-order valence-electron chi connectivity index (χ3n) is 11.8. The van der Waals surface area contributed by atoms with Gasteiger partial charge in [0.15, 0.2) is 0 Å². The van der Waals surface area contributed by atoms with E-state index in [4.69, 9.17) is 0 Å². The molecule has 0 saturated carbocycles. The Bertz CT molecular complexity index is 1390. The third kappa shape index (κ3) is 13.1. The van der Waals surface area contributed by atoms with Gasteiger partial charge in [0.05, 0.1) is 0 Å². The zero-order valence-electron chi connectivity index (χ0n) is 36.3. The van der Waals surface area contributed by atoms with Crippen molar-refractivity contribution < 1.29 is 4.70 Å². The van der Waals surface area contributed by atoms with Gasteiger partial charge in [0.1, 0.15) is 0 Å². The number of aryl methyl sites for hydroxylation is 4. The van der Waals surface area contributed by atoms with Crippen molar-refractivity contribution in [1.82, 2.24) is 0 Å². The van der Waals surface area contributed by atoms with E-state index in [1.807, 2.05) is 0 Å². The summed E-state index contributed by atoms with van der Waals surface area (Å²) in [6.07, 6.45) is 32.3. The molecule has 0 atom stereocenters. The van der Waals surface area contributed by atoms with Crippen LogP contribution in [-0.2, 0) is 38.5 Å². The van der Waals surface area contributed by atoms with Crippen LogP contribution in [0.1, 0.15) is 235 Å². The molecule has 53 heavy (non-hydrogen) atoms. The van der Waals surface area contributed by atoms with Crippen LogP contribution in [-0.4, -0.2) is 4.70 Å². The van der Waals surface area contributed by atoms with Crippen LogP contribution in [0.5, 0.6) is 0 Å². The van der Waals surface area contributed by atoms with E-state index in [2.05, 4.69) is 79.7 Å². The lowest BCUT2D eigenvalue weighted by atomic mass is 9.86. The van der Waals surface area contributed by atoms with Crippen molar-refractivity contribution in [3.8, 4) is 0 Å². The molecule has 0 fully saturated rings. The molecule has 0 N–H and O–H groups in total. The average Bonchev–Trinajstić information content (AvgIpc) is 3.44. The summed E-state index contributed by atoms with van der Waals surface area (Å²) in [5.41, 5.74) is 29.8. The number of unbranched alkanes of at least 4 members (excludes halogenated alkanes) is 11. The molecule has 296 valence electrons. The minimum Gasteiger partial charge on any atom is -0.493 e. The normalized spacial score (nSPS) is 13.3. The Morgan fingerprint density at radius 3 is 0.906 bits per heavy atom. The minimum atomic E-state index is 1.03. The van der Waals surface area contributed by atoms with Gasteiger partial charge in [-0.05, 0) is 160 Å². The molecule has 0 spiro atoms. The Morgan fingerprint density at radius 2 is 0.604 bits per heavy atom. The summed E-state index contributed by atoms with van der Waals surface area (Å²) in [4.78, 5) is 0. The van der Waals surface area contributed by atoms with Crippen LogP contribution in [0.4, 0.5) is 0 Å². The highest BCUT2D eigenvalue weighted by atomic mass is 15.2. The Hall–Kier alpha value is -2.48. The molecule has 0 saturated heterocycles. The van der Waals surface area contributed by atoms with E-state index >= 15 is 0 Å². The van der Waals surface area contributed by atoms with Crippen molar-refractivity contribution in [2.24, 2.45) is 0 Å². The fourth-order valence-electron chi connectivity index (χ4n) is 8.67. The minimum absolute atomic E-state index is 1.03. The molecule has 0 aromatic heterocycles. The summed E-state index contributed by atoms with van der Waals surface area (Å²) in [6, 6.07) is 10.1. The van der Waals surface area contributed by atoms with E-state index in [1.165, 1.54) is 144 Å². The molecule has 0 amide bonds. The van der Waals surface area contributed by atoms with Crippen LogP contribution in [0.2, 0.25) is 0 Å². The third-order valence-corrected chi connectivity index (χ3v) is 11.8. The first-order valence-corrected chi connectivity index (χ1v) is 23.2. The van der Waals surface area contributed by atoms with Crippen LogP contribution < -0.4 is 0 Å². The van der Waals surface area contributed by atoms with E-state index in [0.717, 1.165) is 62.8 Å². The first kappa shape index (κ1) is 44.9. The maximum Gasteiger partial charge on any atom is 0.211 e. The Balaban J connectivity index is 2.34. The number of benzene rings is 2. The van der Waals surface area contributed by atoms with E-state index in [9.17, 15) is 5.53 Å². The summed E-state index contributed by atoms with van der Waals surface area (Å²) < 4.78 is 1.71. The first-order chi connectivity index (χ1) is 25.9. The van der Waals surface area contributed by atoms with E-state index in [-0.39, 0.29) is 0 Å². The molecule has 0 radical (unpaired) electrons. The highest BCUT2D eigenvalue weighted by Gasteiger charge is 2.36. The summed E-state index contributed by atoms with van der Waals surface area (Å²) >= 11 is 0. The predicted molar refractivity (Wildman–Crippen MR) is 235 cm³/mol. The Labute approximate surface area is 329 Å². The molecular formula is C51H82N2. The molecule has 1 heterocycles. The van der Waals surface area contributed by atoms with E-state index in [0.29, 0.717) is 0 Å². The van der Waals surface area contributed by atoms with Crippen molar-refractivity contribution >= 4 is 11.4 Å². The van der Waals surface area contributed by atoms with Gasteiger partial charge in [0, 0.05) is 22.3 Å². The fourth-order valence-corrected chi connectivity index (χ4v) is 8.67. The lowest BCUT2D eigenvalue weighted by molar-refractivity contribution is -0.345. The van der Waals surface area contributed by atoms with Crippen molar-refractivity contribution in [1.29, 1.82) is 0 Å². The summed E-state index contributed by atoms with van der Waals surface area (Å²) in [6.45, 7) is 18.6. The number of allylic oxidation sites excluding steroid dienone is 2. The van der Waals surface area contributed by atoms with E-state index in [1.54, 1.807) is 38.1 Å². The second-order valence-corrected chi connectivity index (χ2v) is 16.4. The number of hydrogen-bond acceptors (Lipinski definition) is 0. The van der Waals surface area contributed by atoms with Crippen molar-refractivity contribution in [2.75, 3.05) is 0 Å². The summed E-state index contributed by atoms with van der Waals surface area (Å²) in [7, 11) is 0. The number of rotatable bonds is 29. The Kier molecular flexibility index (Phi) is 21.7. The van der Waals surface area contributed by atoms with Gasteiger partial charge in [0.2, 0.25) is 11.4 Å². The second kappa shape index (κ2) is 25.6. The maximum atomic E-state index is 12.8. The Morgan fingerprint density at radius 1 is 0.340 bits per heavy atom. The van der Waals surface area contributed by atoms with Crippen LogP contribution in [0, 0.1) is 0 Å². The standard InChI is InChI=1S/C51H82N2/c1-9-17-25-33-46-40(28-20-12-4)36-44(37-41(46)29-21-13-5)50-48(32-24-16-8)49(35-27-19-11-3)51(53(50)52)45-38-42(30-22-14-6)47(34-26-18-10-2)43(39-45)31-23-15-7/h36-39H,9-35H2,1-8H3. The van der Waals surface area contributed by atoms with Crippen LogP contribution in [0.3, 0.4) is 0 Å². The van der Waals surface area contributed by atoms with Crippen LogP contribution in [0.25, 0.3) is 16.9 Å². The van der Waals surface area contributed by atoms with Gasteiger partial charge < -0.3 is 5.53 Å². The largest absolute Gasteiger partial charge is 0.493 e. The van der Waals surface area contributed by atoms with Gasteiger partial charge >= 0.3 is 0 Å². The number of nitrogens with zero attached hydrogens (tertiary/aromatic N) is 2. The fraction of sp³-hybridized carbons (Fsp3) is 0.686. The van der Waals surface area contributed by atoms with Crippen LogP contribution >= 0.6 is 0 Å². The smallest absolute Gasteiger partial charge is 0.211 e. The zero-order chi connectivity index (χ0) is 38.4. The van der Waals surface area contributed by atoms with Gasteiger partial charge in [-0.2, -0.15) is 0 Å². The molecule has 0 bridgehead atoms. The van der Waals surface area contributed by atoms with Crippen molar-refractivity contribution in [3.05, 3.63) is 85.5 Å². The van der Waals surface area contributed by atoms with Crippen LogP contribution in [0.15, 0.2) is 35.4 Å². The summed E-state index contributed by atoms with van der Waals surface area (Å²) in [5.74, 6) is 0. The van der Waals surface area contributed by atoms with Gasteiger partial charge in [-0.15, -0.1) is 0 Å². The van der Waals surface area contributed by atoms with Gasteiger partial charge in [-0.1, -0.05) is 126 Å². The molecule has 1 aliphatic rings. The molecule has 0 unspecified atom stereocenters. The zero-order valence-corrected chi connectivity index (χ0v) is 36.3. The first-order valence-electron chi connectivity index (χ1n) is 23.2. The molecular weight excluding hydrogens is 641 g/mol. The molecule has 2 heteroatoms. The van der Waals surface area contributed by atoms with Crippen molar-refractivity contribution in [2.45, 2.75) is 229 Å². The molecule has 0 aliphatic carbocycles. The molecule has 2 aromatic rings. The topological polar surface area (TPSA) is 25.3 Å². The average molecular weight is 723 g/mol. The summed E-state index contributed by atoms with van der Waals surface area (Å²) in [5, 5.41) is 0. The van der Waals surface area contributed by atoms with Gasteiger partial charge in [-0.25, -0.2) is 4.70 Å². The SMILES string of the molecule is CCCCCC1=C(c2cc(CCCC)c(CCCCC)c(CCCC)c2)[N+](=[N-])C(c2cc(CCCC)c(CCCCC)c(CCCC)c2)=C1CCCC. The number of hydrogen-bond donors (Lipinski definition) is 0. The molecule has 3 rings (SSSR count). The maximum absolute atomic E-state index is 12.8. The quantitative estimate of drug-likeness (QED) is 0.0590. The lowest BCUT2D eigenvalue weighted by Crippen LogP contribution is -2.09. The monoisotopic (exact) mass is 723 g/mol. The highest BCUT2D eigenvalue weighted by Crippen LogP contribution is 2.46. The highest BCUT2D eigenvalue weighted by molar-refractivity contribution is 5.83. The second-order valence-electron chi connectivity index (χ2n) is 16.4. The molecule has 2 nitrogen and oxygen atoms in total. The van der Waals surface area contributed by atoms with Gasteiger partial charge in [0.25, 0.3) is 0 Å². The lowest BCUT2D eigenvalue weighted by Gasteiger charge is -2.20. The predicted octanol–water partition coefficient (Wildman–Crippen LogP) is 16.5. The van der Waals surface area contributed by atoms with E-state index < -0.39 is 0 Å².